The number of nitrogens with two attached hydrogens (primary N) is 1. The first-order valence-electron chi connectivity index (χ1n) is 7.19. The van der Waals surface area contributed by atoms with Gasteiger partial charge in [0.15, 0.2) is 0 Å². The highest BCUT2D eigenvalue weighted by Crippen LogP contribution is 2.17. The number of nitrogens with zero attached hydrogens (tertiary/aromatic N) is 1. The Balaban J connectivity index is 1.98. The van der Waals surface area contributed by atoms with E-state index in [4.69, 9.17) is 5.73 Å². The van der Waals surface area contributed by atoms with E-state index in [2.05, 4.69) is 9.62 Å². The Bertz CT molecular complexity index is 586. The predicted molar refractivity (Wildman–Crippen MR) is 80.9 cm³/mol. The molecule has 1 saturated heterocycles. The molecular formula is C14H22FN3O2S. The minimum atomic E-state index is -3.66. The highest BCUT2D eigenvalue weighted by Gasteiger charge is 2.20. The minimum Gasteiger partial charge on any atom is -0.396 e. The molecule has 2 rings (SSSR count). The third-order valence-corrected chi connectivity index (χ3v) is 5.28. The third-order valence-electron chi connectivity index (χ3n) is 3.86. The van der Waals surface area contributed by atoms with Gasteiger partial charge in [-0.3, -0.25) is 4.90 Å². The monoisotopic (exact) mass is 315 g/mol. The van der Waals surface area contributed by atoms with Crippen molar-refractivity contribution in [3.05, 3.63) is 24.0 Å². The van der Waals surface area contributed by atoms with E-state index in [9.17, 15) is 12.8 Å². The molecule has 0 spiro atoms. The molecule has 1 aliphatic rings. The smallest absolute Gasteiger partial charge is 0.240 e. The van der Waals surface area contributed by atoms with Crippen LogP contribution in [0.25, 0.3) is 0 Å². The lowest BCUT2D eigenvalue weighted by molar-refractivity contribution is 0.175. The van der Waals surface area contributed by atoms with Gasteiger partial charge in [0, 0.05) is 12.6 Å². The Morgan fingerprint density at radius 2 is 2.00 bits per heavy atom. The molecular weight excluding hydrogens is 293 g/mol. The maximum atomic E-state index is 13.1. The SMILES string of the molecule is CC(CNS(=O)(=O)c1ccc(F)c(N)c1)N1CCCCC1. The Morgan fingerprint density at radius 1 is 1.33 bits per heavy atom. The largest absolute Gasteiger partial charge is 0.396 e. The molecule has 5 nitrogen and oxygen atoms in total. The summed E-state index contributed by atoms with van der Waals surface area (Å²) in [6.45, 7) is 4.35. The lowest BCUT2D eigenvalue weighted by Gasteiger charge is -2.32. The lowest BCUT2D eigenvalue weighted by Crippen LogP contribution is -2.44. The first-order valence-corrected chi connectivity index (χ1v) is 8.67. The van der Waals surface area contributed by atoms with Crippen molar-refractivity contribution in [2.24, 2.45) is 0 Å². The van der Waals surface area contributed by atoms with Crippen molar-refractivity contribution in [3.63, 3.8) is 0 Å². The molecule has 1 atom stereocenters. The van der Waals surface area contributed by atoms with Gasteiger partial charge in [0.1, 0.15) is 5.82 Å². The number of likely N-dealkylation sites (tertiary alicyclic amines) is 1. The summed E-state index contributed by atoms with van der Waals surface area (Å²) in [7, 11) is -3.66. The van der Waals surface area contributed by atoms with Crippen molar-refractivity contribution in [2.45, 2.75) is 37.1 Å². The maximum absolute atomic E-state index is 13.1. The molecule has 1 aliphatic heterocycles. The van der Waals surface area contributed by atoms with Crippen molar-refractivity contribution in [2.75, 3.05) is 25.4 Å². The highest BCUT2D eigenvalue weighted by molar-refractivity contribution is 7.89. The number of piperidine rings is 1. The molecule has 1 aromatic rings. The van der Waals surface area contributed by atoms with Crippen LogP contribution >= 0.6 is 0 Å². The summed E-state index contributed by atoms with van der Waals surface area (Å²) in [5.74, 6) is -0.615. The van der Waals surface area contributed by atoms with E-state index in [0.29, 0.717) is 6.54 Å². The molecule has 21 heavy (non-hydrogen) atoms. The third kappa shape index (κ3) is 4.15. The number of hydrogen-bond acceptors (Lipinski definition) is 4. The van der Waals surface area contributed by atoms with Gasteiger partial charge in [-0.05, 0) is 51.1 Å². The van der Waals surface area contributed by atoms with Crippen molar-refractivity contribution in [3.8, 4) is 0 Å². The number of rotatable bonds is 5. The molecule has 1 heterocycles. The quantitative estimate of drug-likeness (QED) is 0.809. The van der Waals surface area contributed by atoms with Crippen molar-refractivity contribution in [1.82, 2.24) is 9.62 Å². The minimum absolute atomic E-state index is 0.00718. The number of sulfonamides is 1. The van der Waals surface area contributed by atoms with Crippen molar-refractivity contribution in [1.29, 1.82) is 0 Å². The number of nitrogen functional groups attached to an aromatic ring is 1. The average Bonchev–Trinajstić information content (AvgIpc) is 2.48. The first-order chi connectivity index (χ1) is 9.90. The van der Waals surface area contributed by atoms with Crippen molar-refractivity contribution >= 4 is 15.7 Å². The zero-order valence-electron chi connectivity index (χ0n) is 12.2. The van der Waals surface area contributed by atoms with Gasteiger partial charge in [0.05, 0.1) is 10.6 Å². The Morgan fingerprint density at radius 3 is 2.62 bits per heavy atom. The summed E-state index contributed by atoms with van der Waals surface area (Å²) in [5, 5.41) is 0. The number of halogens is 1. The van der Waals surface area contributed by atoms with Crippen LogP contribution in [0.4, 0.5) is 10.1 Å². The highest BCUT2D eigenvalue weighted by atomic mass is 32.2. The van der Waals surface area contributed by atoms with E-state index >= 15 is 0 Å². The van der Waals surface area contributed by atoms with Crippen LogP contribution in [-0.2, 0) is 10.0 Å². The second-order valence-corrected chi connectivity index (χ2v) is 7.25. The molecule has 0 bridgehead atoms. The van der Waals surface area contributed by atoms with Crippen LogP contribution < -0.4 is 10.5 Å². The molecule has 0 saturated carbocycles. The lowest BCUT2D eigenvalue weighted by atomic mass is 10.1. The van der Waals surface area contributed by atoms with E-state index in [1.165, 1.54) is 12.5 Å². The van der Waals surface area contributed by atoms with Crippen LogP contribution in [0.15, 0.2) is 23.1 Å². The number of nitrogens with one attached hydrogen (secondary N) is 1. The normalized spacial score (nSPS) is 18.6. The van der Waals surface area contributed by atoms with Crippen LogP contribution in [-0.4, -0.2) is 39.0 Å². The Hall–Kier alpha value is -1.18. The standard InChI is InChI=1S/C14H22FN3O2S/c1-11(18-7-3-2-4-8-18)10-17-21(19,20)12-5-6-13(15)14(16)9-12/h5-6,9,11,17H,2-4,7-8,10,16H2,1H3. The fraction of sp³-hybridized carbons (Fsp3) is 0.571. The van der Waals surface area contributed by atoms with Gasteiger partial charge in [-0.15, -0.1) is 0 Å². The summed E-state index contributed by atoms with van der Waals surface area (Å²) in [6, 6.07) is 3.57. The Labute approximate surface area is 125 Å². The van der Waals surface area contributed by atoms with Gasteiger partial charge in [0.2, 0.25) is 10.0 Å². The second-order valence-electron chi connectivity index (χ2n) is 5.48. The first kappa shape index (κ1) is 16.2. The van der Waals surface area contributed by atoms with E-state index < -0.39 is 15.8 Å². The molecule has 1 fully saturated rings. The van der Waals surface area contributed by atoms with E-state index in [1.807, 2.05) is 6.92 Å². The second kappa shape index (κ2) is 6.72. The van der Waals surface area contributed by atoms with Crippen LogP contribution in [0.2, 0.25) is 0 Å². The summed E-state index contributed by atoms with van der Waals surface area (Å²) in [6.07, 6.45) is 3.56. The zero-order chi connectivity index (χ0) is 15.5. The van der Waals surface area contributed by atoms with Gasteiger partial charge >= 0.3 is 0 Å². The molecule has 1 aromatic carbocycles. The molecule has 0 aromatic heterocycles. The van der Waals surface area contributed by atoms with Crippen LogP contribution in [0, 0.1) is 5.82 Å². The summed E-state index contributed by atoms with van der Waals surface area (Å²) in [5.41, 5.74) is 5.25. The molecule has 0 aliphatic carbocycles. The van der Waals surface area contributed by atoms with Gasteiger partial charge in [0.25, 0.3) is 0 Å². The molecule has 0 radical (unpaired) electrons. The fourth-order valence-electron chi connectivity index (χ4n) is 2.49. The van der Waals surface area contributed by atoms with E-state index in [1.54, 1.807) is 0 Å². The predicted octanol–water partition coefficient (Wildman–Crippen LogP) is 1.56. The van der Waals surface area contributed by atoms with Crippen LogP contribution in [0.3, 0.4) is 0 Å². The molecule has 118 valence electrons. The van der Waals surface area contributed by atoms with Crippen LogP contribution in [0.5, 0.6) is 0 Å². The van der Waals surface area contributed by atoms with Gasteiger partial charge < -0.3 is 5.73 Å². The number of anilines is 1. The average molecular weight is 315 g/mol. The molecule has 1 unspecified atom stereocenters. The van der Waals surface area contributed by atoms with Gasteiger partial charge in [-0.25, -0.2) is 17.5 Å². The van der Waals surface area contributed by atoms with Crippen LogP contribution in [0.1, 0.15) is 26.2 Å². The summed E-state index contributed by atoms with van der Waals surface area (Å²) in [4.78, 5) is 2.28. The van der Waals surface area contributed by atoms with E-state index in [-0.39, 0.29) is 16.6 Å². The number of benzene rings is 1. The maximum Gasteiger partial charge on any atom is 0.240 e. The van der Waals surface area contributed by atoms with E-state index in [0.717, 1.165) is 38.1 Å². The Kier molecular flexibility index (Phi) is 5.18. The molecule has 7 heteroatoms. The summed E-state index contributed by atoms with van der Waals surface area (Å²) >= 11 is 0. The van der Waals surface area contributed by atoms with Crippen molar-refractivity contribution < 1.29 is 12.8 Å². The van der Waals surface area contributed by atoms with Gasteiger partial charge in [-0.1, -0.05) is 6.42 Å². The zero-order valence-corrected chi connectivity index (χ0v) is 13.0. The topological polar surface area (TPSA) is 75.4 Å². The van der Waals surface area contributed by atoms with Gasteiger partial charge in [-0.2, -0.15) is 0 Å². The molecule has 0 amide bonds. The fourth-order valence-corrected chi connectivity index (χ4v) is 3.65. The number of hydrogen-bond donors (Lipinski definition) is 2. The summed E-state index contributed by atoms with van der Waals surface area (Å²) < 4.78 is 40.0. The molecule has 3 N–H and O–H groups in total.